The Morgan fingerprint density at radius 2 is 1.92 bits per heavy atom. The van der Waals surface area contributed by atoms with Crippen LogP contribution < -0.4 is 16.6 Å². The number of nitrogens with zero attached hydrogens (tertiary/aromatic N) is 3. The third kappa shape index (κ3) is 3.39. The number of fused-ring (bicyclic) bond motifs is 1. The van der Waals surface area contributed by atoms with E-state index in [0.717, 1.165) is 4.57 Å². The van der Waals surface area contributed by atoms with Crippen LogP contribution in [0.15, 0.2) is 46.0 Å². The summed E-state index contributed by atoms with van der Waals surface area (Å²) in [6.07, 6.45) is 0. The van der Waals surface area contributed by atoms with Crippen molar-refractivity contribution in [2.75, 3.05) is 5.32 Å². The molecular formula is C18H17ClN4O3. The molecule has 0 aliphatic heterocycles. The molecule has 0 unspecified atom stereocenters. The molecule has 0 bridgehead atoms. The van der Waals surface area contributed by atoms with Crippen LogP contribution in [0.25, 0.3) is 10.9 Å². The summed E-state index contributed by atoms with van der Waals surface area (Å²) in [6.45, 7) is 3.47. The summed E-state index contributed by atoms with van der Waals surface area (Å²) in [5.74, 6) is -0.403. The largest absolute Gasteiger partial charge is 0.331 e. The van der Waals surface area contributed by atoms with E-state index in [2.05, 4.69) is 10.3 Å². The van der Waals surface area contributed by atoms with Gasteiger partial charge in [-0.3, -0.25) is 18.7 Å². The third-order valence-electron chi connectivity index (χ3n) is 3.96. The number of hydrogen-bond donors (Lipinski definition) is 1. The fourth-order valence-electron chi connectivity index (χ4n) is 2.85. The van der Waals surface area contributed by atoms with Crippen molar-refractivity contribution in [2.24, 2.45) is 0 Å². The molecule has 0 saturated carbocycles. The highest BCUT2D eigenvalue weighted by Crippen LogP contribution is 2.15. The Hall–Kier alpha value is -2.93. The molecule has 0 atom stereocenters. The normalized spacial score (nSPS) is 10.9. The smallest absolute Gasteiger partial charge is 0.324 e. The summed E-state index contributed by atoms with van der Waals surface area (Å²) in [4.78, 5) is 41.6. The lowest BCUT2D eigenvalue weighted by atomic mass is 10.2. The van der Waals surface area contributed by atoms with Crippen molar-refractivity contribution < 1.29 is 4.79 Å². The van der Waals surface area contributed by atoms with Gasteiger partial charge in [0.15, 0.2) is 0 Å². The Morgan fingerprint density at radius 3 is 2.62 bits per heavy atom. The van der Waals surface area contributed by atoms with Crippen molar-refractivity contribution in [3.8, 4) is 0 Å². The van der Waals surface area contributed by atoms with E-state index in [9.17, 15) is 14.4 Å². The average molecular weight is 373 g/mol. The molecule has 1 N–H and O–H groups in total. The van der Waals surface area contributed by atoms with Crippen LogP contribution in [0.1, 0.15) is 12.6 Å². The highest BCUT2D eigenvalue weighted by atomic mass is 35.5. The van der Waals surface area contributed by atoms with E-state index in [0.29, 0.717) is 22.3 Å². The lowest BCUT2D eigenvalue weighted by Gasteiger charge is -2.13. The second-order valence-electron chi connectivity index (χ2n) is 5.80. The molecule has 0 aliphatic rings. The maximum atomic E-state index is 12.6. The molecule has 134 valence electrons. The summed E-state index contributed by atoms with van der Waals surface area (Å²) in [5, 5.41) is 3.36. The van der Waals surface area contributed by atoms with E-state index < -0.39 is 11.6 Å². The van der Waals surface area contributed by atoms with Crippen molar-refractivity contribution in [1.29, 1.82) is 0 Å². The van der Waals surface area contributed by atoms with Gasteiger partial charge in [-0.15, -0.1) is 0 Å². The fourth-order valence-corrected chi connectivity index (χ4v) is 3.10. The van der Waals surface area contributed by atoms with Crippen molar-refractivity contribution >= 4 is 34.1 Å². The SMILES string of the molecule is CCn1c(=O)c2ccccc2n(CC(=O)Nc2cc(C)nc(Cl)c2)c1=O. The number of halogens is 1. The first-order valence-corrected chi connectivity index (χ1v) is 8.45. The summed E-state index contributed by atoms with van der Waals surface area (Å²) in [6, 6.07) is 9.94. The Bertz CT molecular complexity index is 1100. The fraction of sp³-hybridized carbons (Fsp3) is 0.222. The molecule has 7 nitrogen and oxygen atoms in total. The van der Waals surface area contributed by atoms with Crippen LogP contribution in [0.5, 0.6) is 0 Å². The molecule has 3 aromatic rings. The van der Waals surface area contributed by atoms with Crippen molar-refractivity contribution in [3.05, 3.63) is 68.1 Å². The number of aromatic nitrogens is 3. The lowest BCUT2D eigenvalue weighted by Crippen LogP contribution is -2.41. The Labute approximate surface area is 153 Å². The van der Waals surface area contributed by atoms with Crippen LogP contribution in [-0.4, -0.2) is 20.0 Å². The number of carbonyl (C=O) groups excluding carboxylic acids is 1. The van der Waals surface area contributed by atoms with Gasteiger partial charge in [-0.2, -0.15) is 0 Å². The second kappa shape index (κ2) is 7.13. The first kappa shape index (κ1) is 17.9. The molecule has 3 rings (SSSR count). The van der Waals surface area contributed by atoms with Gasteiger partial charge in [-0.05, 0) is 38.1 Å². The predicted molar refractivity (Wildman–Crippen MR) is 101 cm³/mol. The molecule has 0 saturated heterocycles. The zero-order chi connectivity index (χ0) is 18.8. The minimum absolute atomic E-state index is 0.224. The average Bonchev–Trinajstić information content (AvgIpc) is 2.58. The van der Waals surface area contributed by atoms with Gasteiger partial charge in [0.2, 0.25) is 5.91 Å². The molecule has 2 heterocycles. The maximum Gasteiger partial charge on any atom is 0.331 e. The number of hydrogen-bond acceptors (Lipinski definition) is 4. The molecular weight excluding hydrogens is 356 g/mol. The van der Waals surface area contributed by atoms with E-state index in [1.165, 1.54) is 10.6 Å². The Kier molecular flexibility index (Phi) is 4.90. The number of rotatable bonds is 4. The highest BCUT2D eigenvalue weighted by Gasteiger charge is 2.14. The van der Waals surface area contributed by atoms with Gasteiger partial charge < -0.3 is 5.32 Å². The summed E-state index contributed by atoms with van der Waals surface area (Å²) in [7, 11) is 0. The molecule has 0 aliphatic carbocycles. The quantitative estimate of drug-likeness (QED) is 0.711. The summed E-state index contributed by atoms with van der Waals surface area (Å²) >= 11 is 5.90. The molecule has 0 radical (unpaired) electrons. The zero-order valence-corrected chi connectivity index (χ0v) is 15.1. The van der Waals surface area contributed by atoms with E-state index in [4.69, 9.17) is 11.6 Å². The monoisotopic (exact) mass is 372 g/mol. The highest BCUT2D eigenvalue weighted by molar-refractivity contribution is 6.29. The van der Waals surface area contributed by atoms with E-state index in [1.807, 2.05) is 0 Å². The summed E-state index contributed by atoms with van der Waals surface area (Å²) < 4.78 is 2.41. The van der Waals surface area contributed by atoms with Crippen LogP contribution >= 0.6 is 11.6 Å². The van der Waals surface area contributed by atoms with Gasteiger partial charge in [0.1, 0.15) is 11.7 Å². The minimum atomic E-state index is -0.518. The van der Waals surface area contributed by atoms with Crippen LogP contribution in [0.2, 0.25) is 5.15 Å². The number of carbonyl (C=O) groups is 1. The third-order valence-corrected chi connectivity index (χ3v) is 4.15. The van der Waals surface area contributed by atoms with Gasteiger partial charge in [0.25, 0.3) is 5.56 Å². The van der Waals surface area contributed by atoms with Gasteiger partial charge in [0.05, 0.1) is 10.9 Å². The van der Waals surface area contributed by atoms with Gasteiger partial charge in [-0.1, -0.05) is 23.7 Å². The summed E-state index contributed by atoms with van der Waals surface area (Å²) in [5.41, 5.74) is 0.700. The maximum absolute atomic E-state index is 12.6. The molecule has 26 heavy (non-hydrogen) atoms. The van der Waals surface area contributed by atoms with E-state index >= 15 is 0 Å². The van der Waals surface area contributed by atoms with Gasteiger partial charge in [0, 0.05) is 17.9 Å². The Morgan fingerprint density at radius 1 is 1.19 bits per heavy atom. The van der Waals surface area contributed by atoms with Crippen LogP contribution in [0.3, 0.4) is 0 Å². The molecule has 0 fully saturated rings. The van der Waals surface area contributed by atoms with Crippen LogP contribution in [0, 0.1) is 6.92 Å². The number of benzene rings is 1. The first-order chi connectivity index (χ1) is 12.4. The number of pyridine rings is 1. The molecule has 1 aromatic carbocycles. The predicted octanol–water partition coefficient (Wildman–Crippen LogP) is 2.18. The number of anilines is 1. The lowest BCUT2D eigenvalue weighted by molar-refractivity contribution is -0.116. The molecule has 1 amide bonds. The first-order valence-electron chi connectivity index (χ1n) is 8.07. The van der Waals surface area contributed by atoms with E-state index in [-0.39, 0.29) is 23.8 Å². The molecule has 8 heteroatoms. The van der Waals surface area contributed by atoms with Crippen molar-refractivity contribution in [3.63, 3.8) is 0 Å². The number of para-hydroxylation sites is 1. The van der Waals surface area contributed by atoms with Crippen molar-refractivity contribution in [2.45, 2.75) is 26.9 Å². The van der Waals surface area contributed by atoms with Gasteiger partial charge >= 0.3 is 5.69 Å². The van der Waals surface area contributed by atoms with Gasteiger partial charge in [-0.25, -0.2) is 9.78 Å². The van der Waals surface area contributed by atoms with Crippen LogP contribution in [-0.2, 0) is 17.9 Å². The Balaban J connectivity index is 2.01. The van der Waals surface area contributed by atoms with Crippen molar-refractivity contribution in [1.82, 2.24) is 14.1 Å². The topological polar surface area (TPSA) is 86.0 Å². The van der Waals surface area contributed by atoms with Crippen LogP contribution in [0.4, 0.5) is 5.69 Å². The number of nitrogens with one attached hydrogen (secondary N) is 1. The van der Waals surface area contributed by atoms with E-state index in [1.54, 1.807) is 44.2 Å². The second-order valence-corrected chi connectivity index (χ2v) is 6.19. The number of amides is 1. The molecule has 0 spiro atoms. The standard InChI is InChI=1S/C18H17ClN4O3/c1-3-22-17(25)13-6-4-5-7-14(13)23(18(22)26)10-16(24)21-12-8-11(2)20-15(19)9-12/h4-9H,3,10H2,1-2H3,(H,20,21,24). The zero-order valence-electron chi connectivity index (χ0n) is 14.3. The minimum Gasteiger partial charge on any atom is -0.324 e. The number of aryl methyl sites for hydroxylation is 1. The molecule has 2 aromatic heterocycles.